The van der Waals surface area contributed by atoms with E-state index in [1.807, 2.05) is 19.0 Å². The molecular formula is C11H16N4O. The van der Waals surface area contributed by atoms with Crippen LogP contribution in [-0.2, 0) is 6.54 Å². The van der Waals surface area contributed by atoms with Crippen molar-refractivity contribution in [3.8, 4) is 6.07 Å². The second-order valence-electron chi connectivity index (χ2n) is 5.19. The van der Waals surface area contributed by atoms with Crippen molar-refractivity contribution in [1.82, 2.24) is 15.0 Å². The van der Waals surface area contributed by atoms with Gasteiger partial charge in [-0.05, 0) is 19.5 Å². The molecule has 1 aromatic rings. The Morgan fingerprint density at radius 1 is 1.50 bits per heavy atom. The van der Waals surface area contributed by atoms with E-state index in [0.29, 0.717) is 18.3 Å². The minimum Gasteiger partial charge on any atom is -0.339 e. The van der Waals surface area contributed by atoms with E-state index in [-0.39, 0.29) is 17.3 Å². The Kier molecular flexibility index (Phi) is 2.47. The Bertz CT molecular complexity index is 429. The summed E-state index contributed by atoms with van der Waals surface area (Å²) in [6.45, 7) is 4.77. The molecule has 0 aliphatic heterocycles. The normalized spacial score (nSPS) is 26.8. The van der Waals surface area contributed by atoms with Crippen LogP contribution in [0.15, 0.2) is 4.52 Å². The van der Waals surface area contributed by atoms with E-state index in [1.165, 1.54) is 0 Å². The van der Waals surface area contributed by atoms with Crippen molar-refractivity contribution >= 4 is 0 Å². The van der Waals surface area contributed by atoms with Crippen LogP contribution >= 0.6 is 0 Å². The summed E-state index contributed by atoms with van der Waals surface area (Å²) in [5.74, 6) is 1.38. The summed E-state index contributed by atoms with van der Waals surface area (Å²) in [4.78, 5) is 6.32. The van der Waals surface area contributed by atoms with Crippen LogP contribution in [0.5, 0.6) is 0 Å². The van der Waals surface area contributed by atoms with Gasteiger partial charge >= 0.3 is 0 Å². The minimum atomic E-state index is -0.0311. The van der Waals surface area contributed by atoms with Crippen molar-refractivity contribution in [3.05, 3.63) is 11.7 Å². The number of hydrogen-bond acceptors (Lipinski definition) is 5. The predicted molar refractivity (Wildman–Crippen MR) is 57.3 cm³/mol. The van der Waals surface area contributed by atoms with Gasteiger partial charge in [0, 0.05) is 0 Å². The first-order valence-corrected chi connectivity index (χ1v) is 5.33. The molecule has 1 aliphatic carbocycles. The molecule has 0 amide bonds. The van der Waals surface area contributed by atoms with E-state index in [0.717, 1.165) is 0 Å². The van der Waals surface area contributed by atoms with Crippen molar-refractivity contribution in [2.45, 2.75) is 26.3 Å². The first kappa shape index (κ1) is 11.1. The zero-order chi connectivity index (χ0) is 11.9. The highest BCUT2D eigenvalue weighted by atomic mass is 16.5. The number of nitrogens with zero attached hydrogens (tertiary/aromatic N) is 4. The van der Waals surface area contributed by atoms with Gasteiger partial charge in [0.05, 0.1) is 24.4 Å². The zero-order valence-electron chi connectivity index (χ0n) is 10.1. The number of aromatic nitrogens is 2. The van der Waals surface area contributed by atoms with Gasteiger partial charge in [0.2, 0.25) is 5.89 Å². The molecule has 86 valence electrons. The van der Waals surface area contributed by atoms with Gasteiger partial charge in [-0.25, -0.2) is 0 Å². The molecule has 5 heteroatoms. The maximum Gasteiger partial charge on any atom is 0.231 e. The molecule has 0 radical (unpaired) electrons. The van der Waals surface area contributed by atoms with Gasteiger partial charge in [0.25, 0.3) is 0 Å². The number of rotatable bonds is 3. The fourth-order valence-corrected chi connectivity index (χ4v) is 2.08. The first-order valence-electron chi connectivity index (χ1n) is 5.33. The molecule has 2 unspecified atom stereocenters. The summed E-state index contributed by atoms with van der Waals surface area (Å²) in [7, 11) is 3.91. The van der Waals surface area contributed by atoms with Gasteiger partial charge in [-0.15, -0.1) is 0 Å². The summed E-state index contributed by atoms with van der Waals surface area (Å²) >= 11 is 0. The third-order valence-electron chi connectivity index (χ3n) is 3.17. The van der Waals surface area contributed by atoms with Crippen molar-refractivity contribution in [1.29, 1.82) is 5.26 Å². The van der Waals surface area contributed by atoms with E-state index < -0.39 is 0 Å². The van der Waals surface area contributed by atoms with E-state index in [9.17, 15) is 0 Å². The van der Waals surface area contributed by atoms with Crippen LogP contribution in [0.2, 0.25) is 0 Å². The molecule has 16 heavy (non-hydrogen) atoms. The van der Waals surface area contributed by atoms with Crippen LogP contribution in [0.3, 0.4) is 0 Å². The van der Waals surface area contributed by atoms with Crippen LogP contribution < -0.4 is 0 Å². The quantitative estimate of drug-likeness (QED) is 0.770. The van der Waals surface area contributed by atoms with Crippen molar-refractivity contribution < 1.29 is 4.52 Å². The second-order valence-corrected chi connectivity index (χ2v) is 5.19. The molecule has 0 saturated heterocycles. The molecule has 1 aromatic heterocycles. The molecular weight excluding hydrogens is 204 g/mol. The average molecular weight is 220 g/mol. The van der Waals surface area contributed by atoms with E-state index >= 15 is 0 Å². The largest absolute Gasteiger partial charge is 0.339 e. The van der Waals surface area contributed by atoms with E-state index in [1.54, 1.807) is 0 Å². The molecule has 1 saturated carbocycles. The number of nitriles is 1. The topological polar surface area (TPSA) is 66.0 Å². The van der Waals surface area contributed by atoms with E-state index in [4.69, 9.17) is 9.78 Å². The highest BCUT2D eigenvalue weighted by molar-refractivity contribution is 5.26. The zero-order valence-corrected chi connectivity index (χ0v) is 10.1. The fraction of sp³-hybridized carbons (Fsp3) is 0.727. The molecule has 2 atom stereocenters. The highest BCUT2D eigenvalue weighted by Crippen LogP contribution is 2.63. The maximum atomic E-state index is 8.98. The monoisotopic (exact) mass is 220 g/mol. The maximum absolute atomic E-state index is 8.98. The molecule has 5 nitrogen and oxygen atoms in total. The summed E-state index contributed by atoms with van der Waals surface area (Å²) < 4.78 is 5.22. The van der Waals surface area contributed by atoms with E-state index in [2.05, 4.69) is 30.1 Å². The molecule has 2 rings (SSSR count). The summed E-state index contributed by atoms with van der Waals surface area (Å²) in [5.41, 5.74) is -0.0311. The Balaban J connectivity index is 2.13. The third-order valence-corrected chi connectivity index (χ3v) is 3.17. The lowest BCUT2D eigenvalue weighted by molar-refractivity contribution is 0.344. The lowest BCUT2D eigenvalue weighted by atomic mass is 10.1. The van der Waals surface area contributed by atoms with Gasteiger partial charge in [-0.3, -0.25) is 0 Å². The van der Waals surface area contributed by atoms with Gasteiger partial charge < -0.3 is 9.42 Å². The van der Waals surface area contributed by atoms with Crippen LogP contribution in [0.25, 0.3) is 0 Å². The summed E-state index contributed by atoms with van der Waals surface area (Å²) in [6.07, 6.45) is 0. The Morgan fingerprint density at radius 2 is 2.19 bits per heavy atom. The molecule has 0 spiro atoms. The fourth-order valence-electron chi connectivity index (χ4n) is 2.08. The molecule has 1 fully saturated rings. The lowest BCUT2D eigenvalue weighted by Gasteiger charge is -2.03. The molecule has 1 aliphatic rings. The highest BCUT2D eigenvalue weighted by Gasteiger charge is 2.62. The summed E-state index contributed by atoms with van der Waals surface area (Å²) in [5, 5.41) is 12.9. The van der Waals surface area contributed by atoms with Gasteiger partial charge in [0.1, 0.15) is 0 Å². The Labute approximate surface area is 95.0 Å². The standard InChI is InChI=1S/C11H16N4O/c1-11(2)7(5-12)9(11)10-13-8(14-16-10)6-15(3)4/h7,9H,6H2,1-4H3. The first-order chi connectivity index (χ1) is 7.46. The van der Waals surface area contributed by atoms with Crippen LogP contribution in [0.1, 0.15) is 31.5 Å². The molecule has 1 heterocycles. The molecule has 0 N–H and O–H groups in total. The van der Waals surface area contributed by atoms with Crippen LogP contribution in [0, 0.1) is 22.7 Å². The molecule has 0 aromatic carbocycles. The SMILES string of the molecule is CN(C)Cc1noc(C2C(C#N)C2(C)C)n1. The lowest BCUT2D eigenvalue weighted by Crippen LogP contribution is -2.11. The smallest absolute Gasteiger partial charge is 0.231 e. The number of hydrogen-bond donors (Lipinski definition) is 0. The van der Waals surface area contributed by atoms with Gasteiger partial charge in [-0.2, -0.15) is 10.2 Å². The van der Waals surface area contributed by atoms with Crippen LogP contribution in [0.4, 0.5) is 0 Å². The second kappa shape index (κ2) is 3.56. The molecule has 0 bridgehead atoms. The summed E-state index contributed by atoms with van der Waals surface area (Å²) in [6, 6.07) is 2.29. The Hall–Kier alpha value is -1.41. The average Bonchev–Trinajstić information content (AvgIpc) is 2.55. The third kappa shape index (κ3) is 1.69. The van der Waals surface area contributed by atoms with Gasteiger partial charge in [0.15, 0.2) is 5.82 Å². The van der Waals surface area contributed by atoms with Crippen molar-refractivity contribution in [3.63, 3.8) is 0 Å². The van der Waals surface area contributed by atoms with Crippen LogP contribution in [-0.4, -0.2) is 29.1 Å². The van der Waals surface area contributed by atoms with Crippen molar-refractivity contribution in [2.24, 2.45) is 11.3 Å². The van der Waals surface area contributed by atoms with Crippen molar-refractivity contribution in [2.75, 3.05) is 14.1 Å². The minimum absolute atomic E-state index is 0.000145. The predicted octanol–water partition coefficient (Wildman–Crippen LogP) is 1.39. The van der Waals surface area contributed by atoms with Gasteiger partial charge in [-0.1, -0.05) is 19.0 Å². The Morgan fingerprint density at radius 3 is 2.69 bits per heavy atom.